The first-order valence-electron chi connectivity index (χ1n) is 5.82. The van der Waals surface area contributed by atoms with Gasteiger partial charge < -0.3 is 10.2 Å². The highest BCUT2D eigenvalue weighted by Crippen LogP contribution is 2.19. The van der Waals surface area contributed by atoms with Crippen molar-refractivity contribution in [1.82, 2.24) is 15.2 Å². The van der Waals surface area contributed by atoms with E-state index in [9.17, 15) is 9.59 Å². The lowest BCUT2D eigenvalue weighted by molar-refractivity contribution is -0.131. The van der Waals surface area contributed by atoms with Gasteiger partial charge in [0.15, 0.2) is 0 Å². The first-order valence-corrected chi connectivity index (χ1v) is 7.69. The van der Waals surface area contributed by atoms with E-state index in [0.29, 0.717) is 5.75 Å². The minimum absolute atomic E-state index is 0.0140. The van der Waals surface area contributed by atoms with E-state index in [-0.39, 0.29) is 18.4 Å². The summed E-state index contributed by atoms with van der Waals surface area (Å²) < 4.78 is 0.871. The lowest BCUT2D eigenvalue weighted by atomic mass is 10.4. The molecular weight excluding hydrogens is 270 g/mol. The summed E-state index contributed by atoms with van der Waals surface area (Å²) in [5.41, 5.74) is 0. The van der Waals surface area contributed by atoms with Gasteiger partial charge in [-0.05, 0) is 12.8 Å². The molecule has 7 heteroatoms. The summed E-state index contributed by atoms with van der Waals surface area (Å²) in [4.78, 5) is 29.1. The van der Waals surface area contributed by atoms with Gasteiger partial charge >= 0.3 is 0 Å². The topological polar surface area (TPSA) is 62.3 Å². The molecule has 2 amide bonds. The third-order valence-electron chi connectivity index (χ3n) is 2.63. The Morgan fingerprint density at radius 1 is 1.44 bits per heavy atom. The second-order valence-corrected chi connectivity index (χ2v) is 6.07. The van der Waals surface area contributed by atoms with Gasteiger partial charge in [-0.2, -0.15) is 0 Å². The number of likely N-dealkylation sites (tertiary alicyclic amines) is 1. The fraction of sp³-hybridized carbons (Fsp3) is 0.545. The molecule has 1 aliphatic heterocycles. The van der Waals surface area contributed by atoms with Crippen molar-refractivity contribution in [2.24, 2.45) is 0 Å². The smallest absolute Gasteiger partial charge is 0.241 e. The summed E-state index contributed by atoms with van der Waals surface area (Å²) in [6.45, 7) is 1.75. The normalized spacial score (nSPS) is 14.8. The molecule has 18 heavy (non-hydrogen) atoms. The third kappa shape index (κ3) is 3.99. The fourth-order valence-electron chi connectivity index (χ4n) is 1.71. The van der Waals surface area contributed by atoms with Crippen molar-refractivity contribution in [2.45, 2.75) is 17.2 Å². The van der Waals surface area contributed by atoms with Crippen molar-refractivity contribution in [3.8, 4) is 0 Å². The van der Waals surface area contributed by atoms with Gasteiger partial charge in [-0.25, -0.2) is 4.98 Å². The van der Waals surface area contributed by atoms with Crippen molar-refractivity contribution in [3.05, 3.63) is 11.6 Å². The van der Waals surface area contributed by atoms with Gasteiger partial charge in [0.05, 0.1) is 12.3 Å². The highest BCUT2D eigenvalue weighted by atomic mass is 32.2. The van der Waals surface area contributed by atoms with Crippen LogP contribution in [0.4, 0.5) is 0 Å². The van der Waals surface area contributed by atoms with E-state index in [1.165, 1.54) is 23.1 Å². The number of thioether (sulfide) groups is 1. The van der Waals surface area contributed by atoms with Crippen molar-refractivity contribution >= 4 is 34.9 Å². The molecule has 0 spiro atoms. The largest absolute Gasteiger partial charge is 0.346 e. The van der Waals surface area contributed by atoms with Crippen LogP contribution in [-0.4, -0.2) is 47.1 Å². The zero-order valence-electron chi connectivity index (χ0n) is 9.92. The molecule has 2 rings (SSSR count). The number of hydrogen-bond donors (Lipinski definition) is 1. The predicted octanol–water partition coefficient (Wildman–Crippen LogP) is 0.974. The molecule has 1 N–H and O–H groups in total. The van der Waals surface area contributed by atoms with Crippen LogP contribution < -0.4 is 5.32 Å². The average molecular weight is 285 g/mol. The minimum Gasteiger partial charge on any atom is -0.346 e. The number of hydrogen-bond acceptors (Lipinski definition) is 5. The highest BCUT2D eigenvalue weighted by molar-refractivity contribution is 8.01. The summed E-state index contributed by atoms with van der Waals surface area (Å²) >= 11 is 2.90. The maximum Gasteiger partial charge on any atom is 0.241 e. The number of amides is 2. The van der Waals surface area contributed by atoms with E-state index in [1.807, 2.05) is 5.38 Å². The van der Waals surface area contributed by atoms with E-state index in [2.05, 4.69) is 10.3 Å². The first kappa shape index (κ1) is 13.4. The standard InChI is InChI=1S/C11H15N3O2S2/c15-9(8-18-11-12-3-6-17-11)13-7-10(16)14-4-1-2-5-14/h3,6H,1-2,4-5,7-8H2,(H,13,15). The van der Waals surface area contributed by atoms with Crippen molar-refractivity contribution in [1.29, 1.82) is 0 Å². The number of carbonyl (C=O) groups excluding carboxylic acids is 2. The molecule has 0 atom stereocenters. The number of nitrogens with one attached hydrogen (secondary N) is 1. The molecule has 1 aromatic rings. The molecule has 0 radical (unpaired) electrons. The zero-order valence-corrected chi connectivity index (χ0v) is 11.6. The summed E-state index contributed by atoms with van der Waals surface area (Å²) in [5, 5.41) is 4.52. The van der Waals surface area contributed by atoms with Crippen LogP contribution in [0.2, 0.25) is 0 Å². The molecule has 98 valence electrons. The van der Waals surface area contributed by atoms with Crippen LogP contribution in [0, 0.1) is 0 Å². The van der Waals surface area contributed by atoms with E-state index >= 15 is 0 Å². The molecule has 2 heterocycles. The summed E-state index contributed by atoms with van der Waals surface area (Å²) in [5.74, 6) is 0.198. The summed E-state index contributed by atoms with van der Waals surface area (Å²) in [6, 6.07) is 0. The van der Waals surface area contributed by atoms with Gasteiger partial charge in [0.2, 0.25) is 11.8 Å². The molecule has 1 saturated heterocycles. The molecule has 0 aromatic carbocycles. The molecule has 1 aliphatic rings. The van der Waals surface area contributed by atoms with Crippen molar-refractivity contribution in [3.63, 3.8) is 0 Å². The Hall–Kier alpha value is -1.08. The Morgan fingerprint density at radius 2 is 2.22 bits per heavy atom. The maximum absolute atomic E-state index is 11.7. The minimum atomic E-state index is -0.122. The van der Waals surface area contributed by atoms with Crippen molar-refractivity contribution in [2.75, 3.05) is 25.4 Å². The van der Waals surface area contributed by atoms with Gasteiger partial charge in [0.1, 0.15) is 4.34 Å². The van der Waals surface area contributed by atoms with Crippen LogP contribution in [0.5, 0.6) is 0 Å². The van der Waals surface area contributed by atoms with E-state index in [4.69, 9.17) is 0 Å². The Labute approximate surface area is 114 Å². The van der Waals surface area contributed by atoms with Gasteiger partial charge in [0, 0.05) is 24.7 Å². The molecule has 1 aromatic heterocycles. The molecule has 0 unspecified atom stereocenters. The van der Waals surface area contributed by atoms with Gasteiger partial charge in [-0.1, -0.05) is 11.8 Å². The van der Waals surface area contributed by atoms with E-state index in [0.717, 1.165) is 30.3 Å². The Kier molecular flexibility index (Phi) is 5.00. The van der Waals surface area contributed by atoms with Crippen LogP contribution in [-0.2, 0) is 9.59 Å². The predicted molar refractivity (Wildman–Crippen MR) is 71.7 cm³/mol. The number of rotatable bonds is 5. The van der Waals surface area contributed by atoms with Crippen LogP contribution in [0.3, 0.4) is 0 Å². The fourth-order valence-corrected chi connectivity index (χ4v) is 3.18. The van der Waals surface area contributed by atoms with E-state index in [1.54, 1.807) is 11.1 Å². The number of nitrogens with zero attached hydrogens (tertiary/aromatic N) is 2. The summed E-state index contributed by atoms with van der Waals surface area (Å²) in [7, 11) is 0. The quantitative estimate of drug-likeness (QED) is 0.819. The zero-order chi connectivity index (χ0) is 12.8. The van der Waals surface area contributed by atoms with Gasteiger partial charge in [-0.3, -0.25) is 9.59 Å². The summed E-state index contributed by atoms with van der Waals surface area (Å²) in [6.07, 6.45) is 3.85. The van der Waals surface area contributed by atoms with E-state index < -0.39 is 0 Å². The van der Waals surface area contributed by atoms with Crippen molar-refractivity contribution < 1.29 is 9.59 Å². The molecule has 0 saturated carbocycles. The van der Waals surface area contributed by atoms with Gasteiger partial charge in [-0.15, -0.1) is 11.3 Å². The molecule has 0 bridgehead atoms. The average Bonchev–Trinajstić information content (AvgIpc) is 3.05. The molecule has 5 nitrogen and oxygen atoms in total. The van der Waals surface area contributed by atoms with Crippen LogP contribution >= 0.6 is 23.1 Å². The molecular formula is C11H15N3O2S2. The third-order valence-corrected chi connectivity index (χ3v) is 4.60. The lowest BCUT2D eigenvalue weighted by Crippen LogP contribution is -2.39. The lowest BCUT2D eigenvalue weighted by Gasteiger charge is -2.15. The monoisotopic (exact) mass is 285 g/mol. The molecule has 0 aliphatic carbocycles. The number of aromatic nitrogens is 1. The van der Waals surface area contributed by atoms with Crippen LogP contribution in [0.25, 0.3) is 0 Å². The van der Waals surface area contributed by atoms with Crippen LogP contribution in [0.1, 0.15) is 12.8 Å². The molecule has 1 fully saturated rings. The second kappa shape index (κ2) is 6.75. The highest BCUT2D eigenvalue weighted by Gasteiger charge is 2.18. The second-order valence-electron chi connectivity index (χ2n) is 3.95. The van der Waals surface area contributed by atoms with Gasteiger partial charge in [0.25, 0.3) is 0 Å². The Balaban J connectivity index is 1.63. The maximum atomic E-state index is 11.7. The van der Waals surface area contributed by atoms with Crippen LogP contribution in [0.15, 0.2) is 15.9 Å². The number of thiazole rings is 1. The Morgan fingerprint density at radius 3 is 2.89 bits per heavy atom. The number of carbonyl (C=O) groups is 2. The first-order chi connectivity index (χ1) is 8.75. The Bertz CT molecular complexity index is 402. The SMILES string of the molecule is O=C(CSc1nccs1)NCC(=O)N1CCCC1.